The highest BCUT2D eigenvalue weighted by molar-refractivity contribution is 7.84. The van der Waals surface area contributed by atoms with Gasteiger partial charge in [-0.3, -0.25) is 14.3 Å². The normalized spacial score (nSPS) is 29.5. The topological polar surface area (TPSA) is 49.4 Å². The lowest BCUT2D eigenvalue weighted by atomic mass is 10.1. The molecule has 0 saturated carbocycles. The van der Waals surface area contributed by atoms with Gasteiger partial charge in [-0.05, 0) is 20.3 Å². The minimum atomic E-state index is -0.858. The van der Waals surface area contributed by atoms with Gasteiger partial charge in [0, 0.05) is 28.9 Å². The number of hydrogen-bond acceptors (Lipinski definition) is 3. The maximum absolute atomic E-state index is 12.1. The fourth-order valence-electron chi connectivity index (χ4n) is 2.33. The van der Waals surface area contributed by atoms with E-state index in [-0.39, 0.29) is 24.2 Å². The molecular weight excluding hydrogens is 224 g/mol. The summed E-state index contributed by atoms with van der Waals surface area (Å²) in [6, 6.07) is -0.00423. The molecule has 1 aliphatic rings. The molecule has 4 nitrogen and oxygen atoms in total. The van der Waals surface area contributed by atoms with E-state index < -0.39 is 10.8 Å². The van der Waals surface area contributed by atoms with Crippen LogP contribution in [0.2, 0.25) is 0 Å². The average molecular weight is 246 g/mol. The Hall–Kier alpha value is -0.420. The molecule has 1 saturated heterocycles. The van der Waals surface area contributed by atoms with Crippen molar-refractivity contribution in [3.05, 3.63) is 0 Å². The van der Waals surface area contributed by atoms with Gasteiger partial charge in [0.15, 0.2) is 0 Å². The van der Waals surface area contributed by atoms with E-state index >= 15 is 0 Å². The third kappa shape index (κ3) is 3.04. The predicted molar refractivity (Wildman–Crippen MR) is 66.5 cm³/mol. The predicted octanol–water partition coefficient (Wildman–Crippen LogP) is 0.700. The van der Waals surface area contributed by atoms with E-state index in [1.54, 1.807) is 6.26 Å². The van der Waals surface area contributed by atoms with E-state index in [4.69, 9.17) is 0 Å². The van der Waals surface area contributed by atoms with Crippen molar-refractivity contribution in [2.24, 2.45) is 0 Å². The maximum atomic E-state index is 12.1. The number of hydrogen-bond donors (Lipinski definition) is 1. The molecule has 0 aromatic rings. The first kappa shape index (κ1) is 13.6. The Balaban J connectivity index is 2.66. The van der Waals surface area contributed by atoms with Gasteiger partial charge >= 0.3 is 0 Å². The zero-order valence-electron chi connectivity index (χ0n) is 10.5. The first-order valence-corrected chi connectivity index (χ1v) is 7.58. The number of amides is 1. The number of carbonyl (C=O) groups is 1. The zero-order chi connectivity index (χ0) is 12.3. The molecule has 4 atom stereocenters. The lowest BCUT2D eigenvalue weighted by Gasteiger charge is -2.27. The van der Waals surface area contributed by atoms with E-state index in [9.17, 15) is 9.00 Å². The Morgan fingerprint density at radius 2 is 2.19 bits per heavy atom. The third-order valence-corrected chi connectivity index (χ3v) is 3.89. The summed E-state index contributed by atoms with van der Waals surface area (Å²) in [5.41, 5.74) is 0. The SMILES string of the molecule is CCCC1NC(C)N(C(C)CS(C)=O)C1=O. The number of nitrogens with zero attached hydrogens (tertiary/aromatic N) is 1. The molecule has 0 radical (unpaired) electrons. The molecule has 0 aromatic carbocycles. The van der Waals surface area contributed by atoms with E-state index in [0.29, 0.717) is 5.75 Å². The summed E-state index contributed by atoms with van der Waals surface area (Å²) in [5.74, 6) is 0.712. The van der Waals surface area contributed by atoms with Gasteiger partial charge in [0.2, 0.25) is 5.91 Å². The Kier molecular flexibility index (Phi) is 4.92. The van der Waals surface area contributed by atoms with Gasteiger partial charge < -0.3 is 4.90 Å². The molecule has 0 bridgehead atoms. The van der Waals surface area contributed by atoms with Crippen LogP contribution in [0.1, 0.15) is 33.6 Å². The molecule has 1 aliphatic heterocycles. The van der Waals surface area contributed by atoms with Crippen LogP contribution in [0.25, 0.3) is 0 Å². The van der Waals surface area contributed by atoms with Crippen molar-refractivity contribution >= 4 is 16.7 Å². The minimum absolute atomic E-state index is 0.0442. The number of carbonyl (C=O) groups excluding carboxylic acids is 1. The van der Waals surface area contributed by atoms with E-state index in [1.165, 1.54) is 0 Å². The van der Waals surface area contributed by atoms with Crippen LogP contribution < -0.4 is 5.32 Å². The summed E-state index contributed by atoms with van der Waals surface area (Å²) < 4.78 is 11.2. The molecule has 1 fully saturated rings. The van der Waals surface area contributed by atoms with Gasteiger partial charge in [-0.1, -0.05) is 13.3 Å². The quantitative estimate of drug-likeness (QED) is 0.777. The highest BCUT2D eigenvalue weighted by Crippen LogP contribution is 2.17. The van der Waals surface area contributed by atoms with Crippen LogP contribution in [0.15, 0.2) is 0 Å². The second kappa shape index (κ2) is 5.77. The summed E-state index contributed by atoms with van der Waals surface area (Å²) in [6.45, 7) is 6.03. The molecule has 0 spiro atoms. The van der Waals surface area contributed by atoms with E-state index in [1.807, 2.05) is 18.7 Å². The third-order valence-electron chi connectivity index (χ3n) is 2.94. The molecule has 16 heavy (non-hydrogen) atoms. The zero-order valence-corrected chi connectivity index (χ0v) is 11.3. The second-order valence-electron chi connectivity index (χ2n) is 4.52. The van der Waals surface area contributed by atoms with E-state index in [2.05, 4.69) is 12.2 Å². The average Bonchev–Trinajstić information content (AvgIpc) is 2.41. The first-order chi connectivity index (χ1) is 7.47. The summed E-state index contributed by atoms with van der Waals surface area (Å²) in [5, 5.41) is 3.29. The summed E-state index contributed by atoms with van der Waals surface area (Å²) >= 11 is 0. The fourth-order valence-corrected chi connectivity index (χ4v) is 3.17. The molecule has 1 N–H and O–H groups in total. The van der Waals surface area contributed by atoms with Crippen LogP contribution >= 0.6 is 0 Å². The largest absolute Gasteiger partial charge is 0.322 e. The highest BCUT2D eigenvalue weighted by Gasteiger charge is 2.38. The molecule has 0 aliphatic carbocycles. The molecule has 1 amide bonds. The monoisotopic (exact) mass is 246 g/mol. The van der Waals surface area contributed by atoms with Gasteiger partial charge in [-0.2, -0.15) is 0 Å². The van der Waals surface area contributed by atoms with Crippen molar-refractivity contribution in [1.29, 1.82) is 0 Å². The maximum Gasteiger partial charge on any atom is 0.241 e. The summed E-state index contributed by atoms with van der Waals surface area (Å²) in [7, 11) is -0.858. The Morgan fingerprint density at radius 3 is 2.69 bits per heavy atom. The van der Waals surface area contributed by atoms with Crippen LogP contribution in [0.3, 0.4) is 0 Å². The van der Waals surface area contributed by atoms with Crippen molar-refractivity contribution < 1.29 is 9.00 Å². The lowest BCUT2D eigenvalue weighted by Crippen LogP contribution is -2.44. The molecule has 1 rings (SSSR count). The van der Waals surface area contributed by atoms with Gasteiger partial charge in [0.05, 0.1) is 12.2 Å². The van der Waals surface area contributed by atoms with Crippen molar-refractivity contribution in [3.63, 3.8) is 0 Å². The fraction of sp³-hybridized carbons (Fsp3) is 0.909. The summed E-state index contributed by atoms with van der Waals surface area (Å²) in [4.78, 5) is 13.9. The van der Waals surface area contributed by atoms with Gasteiger partial charge in [-0.15, -0.1) is 0 Å². The van der Waals surface area contributed by atoms with Gasteiger partial charge in [-0.25, -0.2) is 0 Å². The van der Waals surface area contributed by atoms with Crippen LogP contribution in [0.4, 0.5) is 0 Å². The molecule has 4 unspecified atom stereocenters. The summed E-state index contributed by atoms with van der Waals surface area (Å²) in [6.07, 6.45) is 3.61. The van der Waals surface area contributed by atoms with Crippen molar-refractivity contribution in [3.8, 4) is 0 Å². The lowest BCUT2D eigenvalue weighted by molar-refractivity contribution is -0.131. The van der Waals surface area contributed by atoms with E-state index in [0.717, 1.165) is 12.8 Å². The van der Waals surface area contributed by atoms with Crippen molar-refractivity contribution in [2.75, 3.05) is 12.0 Å². The van der Waals surface area contributed by atoms with Crippen LogP contribution in [0, 0.1) is 0 Å². The molecule has 1 heterocycles. The molecular formula is C11H22N2O2S. The second-order valence-corrected chi connectivity index (χ2v) is 6.00. The van der Waals surface area contributed by atoms with Crippen LogP contribution in [-0.2, 0) is 15.6 Å². The number of nitrogens with one attached hydrogen (secondary N) is 1. The van der Waals surface area contributed by atoms with Gasteiger partial charge in [0.1, 0.15) is 0 Å². The Morgan fingerprint density at radius 1 is 1.56 bits per heavy atom. The Bertz CT molecular complexity index is 283. The highest BCUT2D eigenvalue weighted by atomic mass is 32.2. The van der Waals surface area contributed by atoms with Gasteiger partial charge in [0.25, 0.3) is 0 Å². The molecule has 0 aromatic heterocycles. The Labute approximate surface area is 100 Å². The molecule has 5 heteroatoms. The van der Waals surface area contributed by atoms with Crippen molar-refractivity contribution in [1.82, 2.24) is 10.2 Å². The van der Waals surface area contributed by atoms with Crippen molar-refractivity contribution in [2.45, 2.75) is 51.9 Å². The van der Waals surface area contributed by atoms with Crippen LogP contribution in [0.5, 0.6) is 0 Å². The number of rotatable bonds is 5. The first-order valence-electron chi connectivity index (χ1n) is 5.85. The standard InChI is InChI=1S/C11H22N2O2S/c1-5-6-10-11(14)13(9(3)12-10)8(2)7-16(4)15/h8-10,12H,5-7H2,1-4H3. The smallest absolute Gasteiger partial charge is 0.241 e. The molecule has 94 valence electrons. The van der Waals surface area contributed by atoms with Crippen LogP contribution in [-0.4, -0.2) is 45.3 Å². The minimum Gasteiger partial charge on any atom is -0.322 e.